The van der Waals surface area contributed by atoms with Gasteiger partial charge in [0.1, 0.15) is 5.75 Å². The minimum atomic E-state index is -0.446. The van der Waals surface area contributed by atoms with E-state index in [1.807, 2.05) is 31.2 Å². The molecule has 0 bridgehead atoms. The molecule has 1 aliphatic rings. The first-order valence-electron chi connectivity index (χ1n) is 11.3. The van der Waals surface area contributed by atoms with E-state index in [1.165, 1.54) is 0 Å². The van der Waals surface area contributed by atoms with Crippen molar-refractivity contribution in [1.82, 2.24) is 20.4 Å². The second-order valence-corrected chi connectivity index (χ2v) is 9.37. The summed E-state index contributed by atoms with van der Waals surface area (Å²) in [6.07, 6.45) is 1.44. The summed E-state index contributed by atoms with van der Waals surface area (Å²) in [5, 5.41) is 13.8. The van der Waals surface area contributed by atoms with Gasteiger partial charge in [-0.3, -0.25) is 14.4 Å². The number of rotatable bonds is 7. The Labute approximate surface area is 207 Å². The average molecular weight is 494 g/mol. The molecule has 0 saturated carbocycles. The van der Waals surface area contributed by atoms with Gasteiger partial charge in [-0.15, -0.1) is 10.2 Å². The zero-order chi connectivity index (χ0) is 24.8. The van der Waals surface area contributed by atoms with Gasteiger partial charge in [-0.2, -0.15) is 0 Å². The summed E-state index contributed by atoms with van der Waals surface area (Å²) < 4.78 is 5.11. The maximum Gasteiger partial charge on any atom is 0.286 e. The molecule has 4 rings (SSSR count). The van der Waals surface area contributed by atoms with Crippen molar-refractivity contribution < 1.29 is 19.1 Å². The molecule has 2 N–H and O–H groups in total. The molecule has 9 nitrogen and oxygen atoms in total. The highest BCUT2D eigenvalue weighted by Crippen LogP contribution is 2.22. The average Bonchev–Trinajstić information content (AvgIpc) is 3.38. The number of nitrogens with one attached hydrogen (secondary N) is 2. The van der Waals surface area contributed by atoms with Crippen LogP contribution in [0.2, 0.25) is 0 Å². The summed E-state index contributed by atoms with van der Waals surface area (Å²) in [4.78, 5) is 39.9. The van der Waals surface area contributed by atoms with Crippen molar-refractivity contribution in [3.8, 4) is 5.75 Å². The van der Waals surface area contributed by atoms with Crippen LogP contribution >= 0.6 is 11.3 Å². The number of carbonyl (C=O) groups excluding carboxylic acids is 3. The minimum absolute atomic E-state index is 0.0687. The third-order valence-corrected chi connectivity index (χ3v) is 6.69. The predicted octanol–water partition coefficient (Wildman–Crippen LogP) is 3.28. The van der Waals surface area contributed by atoms with Crippen LogP contribution in [0.4, 0.5) is 5.69 Å². The number of benzene rings is 2. The lowest BCUT2D eigenvalue weighted by Crippen LogP contribution is -2.45. The number of nitrogens with zero attached hydrogens (tertiary/aromatic N) is 3. The van der Waals surface area contributed by atoms with Gasteiger partial charge in [0.25, 0.3) is 11.8 Å². The third-order valence-electron chi connectivity index (χ3n) is 5.78. The molecule has 0 aliphatic carbocycles. The fourth-order valence-electron chi connectivity index (χ4n) is 3.93. The first-order chi connectivity index (χ1) is 16.9. The van der Waals surface area contributed by atoms with Gasteiger partial charge in [-0.1, -0.05) is 41.2 Å². The van der Waals surface area contributed by atoms with Gasteiger partial charge in [0.05, 0.1) is 13.0 Å². The van der Waals surface area contributed by atoms with E-state index < -0.39 is 5.91 Å². The molecule has 1 aromatic heterocycles. The lowest BCUT2D eigenvalue weighted by molar-refractivity contribution is -0.126. The van der Waals surface area contributed by atoms with Crippen molar-refractivity contribution >= 4 is 34.7 Å². The Morgan fingerprint density at radius 2 is 1.89 bits per heavy atom. The highest BCUT2D eigenvalue weighted by atomic mass is 32.1. The Morgan fingerprint density at radius 3 is 2.63 bits per heavy atom. The SMILES string of the molecule is COc1ccc(NC(=O)c2nnc(C(=O)N3CCC[C@H](C(=O)NCc4cccc(C)c4)C3)s2)cc1. The lowest BCUT2D eigenvalue weighted by atomic mass is 9.97. The zero-order valence-corrected chi connectivity index (χ0v) is 20.4. The number of hydrogen-bond donors (Lipinski definition) is 2. The molecule has 0 unspecified atom stereocenters. The lowest BCUT2D eigenvalue weighted by Gasteiger charge is -2.31. The fraction of sp³-hybridized carbons (Fsp3) is 0.320. The van der Waals surface area contributed by atoms with Crippen molar-refractivity contribution in [2.75, 3.05) is 25.5 Å². The predicted molar refractivity (Wildman–Crippen MR) is 133 cm³/mol. The van der Waals surface area contributed by atoms with Crippen LogP contribution in [0.15, 0.2) is 48.5 Å². The van der Waals surface area contributed by atoms with Gasteiger partial charge >= 0.3 is 0 Å². The number of hydrogen-bond acceptors (Lipinski definition) is 7. The maximum absolute atomic E-state index is 13.0. The molecule has 2 heterocycles. The smallest absolute Gasteiger partial charge is 0.286 e. The largest absolute Gasteiger partial charge is 0.497 e. The summed E-state index contributed by atoms with van der Waals surface area (Å²) in [5.74, 6) is -0.444. The van der Waals surface area contributed by atoms with Crippen LogP contribution < -0.4 is 15.4 Å². The normalized spacial score (nSPS) is 15.4. The Kier molecular flexibility index (Phi) is 7.71. The maximum atomic E-state index is 13.0. The van der Waals surface area contributed by atoms with Gasteiger partial charge in [0, 0.05) is 25.3 Å². The van der Waals surface area contributed by atoms with Crippen LogP contribution in [0, 0.1) is 12.8 Å². The van der Waals surface area contributed by atoms with Crippen LogP contribution in [0.5, 0.6) is 5.75 Å². The Hall–Kier alpha value is -3.79. The van der Waals surface area contributed by atoms with E-state index in [2.05, 4.69) is 20.8 Å². The quantitative estimate of drug-likeness (QED) is 0.522. The molecule has 0 radical (unpaired) electrons. The molecule has 1 saturated heterocycles. The molecule has 182 valence electrons. The van der Waals surface area contributed by atoms with Crippen LogP contribution in [0.3, 0.4) is 0 Å². The molecule has 3 aromatic rings. The molecule has 0 spiro atoms. The Bertz CT molecular complexity index is 1210. The monoisotopic (exact) mass is 493 g/mol. The Balaban J connectivity index is 1.33. The minimum Gasteiger partial charge on any atom is -0.497 e. The topological polar surface area (TPSA) is 114 Å². The summed E-state index contributed by atoms with van der Waals surface area (Å²) in [7, 11) is 1.57. The zero-order valence-electron chi connectivity index (χ0n) is 19.6. The molecular formula is C25H27N5O4S. The molecule has 3 amide bonds. The Morgan fingerprint density at radius 1 is 1.11 bits per heavy atom. The number of amides is 3. The summed E-state index contributed by atoms with van der Waals surface area (Å²) in [6, 6.07) is 14.9. The summed E-state index contributed by atoms with van der Waals surface area (Å²) in [6.45, 7) is 3.31. The number of likely N-dealkylation sites (tertiary alicyclic amines) is 1. The second kappa shape index (κ2) is 11.1. The van der Waals surface area contributed by atoms with Crippen molar-refractivity contribution in [2.24, 2.45) is 5.92 Å². The molecular weight excluding hydrogens is 466 g/mol. The summed E-state index contributed by atoms with van der Waals surface area (Å²) in [5.41, 5.74) is 2.76. The molecule has 1 fully saturated rings. The molecule has 2 aromatic carbocycles. The van der Waals surface area contributed by atoms with E-state index in [0.29, 0.717) is 31.1 Å². The standard InChI is InChI=1S/C25H27N5O4S/c1-16-5-3-6-17(13-16)14-26-21(31)18-7-4-12-30(15-18)25(33)24-29-28-23(35-24)22(32)27-19-8-10-20(34-2)11-9-19/h3,5-6,8-11,13,18H,4,7,12,14-15H2,1-2H3,(H,26,31)(H,27,32)/t18-/m0/s1. The van der Waals surface area contributed by atoms with E-state index in [4.69, 9.17) is 4.74 Å². The van der Waals surface area contributed by atoms with Crippen molar-refractivity contribution in [1.29, 1.82) is 0 Å². The van der Waals surface area contributed by atoms with Crippen LogP contribution in [-0.2, 0) is 11.3 Å². The van der Waals surface area contributed by atoms with Crippen LogP contribution in [0.25, 0.3) is 0 Å². The molecule has 10 heteroatoms. The highest BCUT2D eigenvalue weighted by Gasteiger charge is 2.30. The number of carbonyl (C=O) groups is 3. The molecule has 35 heavy (non-hydrogen) atoms. The van der Waals surface area contributed by atoms with Crippen molar-refractivity contribution in [3.05, 3.63) is 69.7 Å². The van der Waals surface area contributed by atoms with Gasteiger partial charge < -0.3 is 20.3 Å². The van der Waals surface area contributed by atoms with Gasteiger partial charge in [0.2, 0.25) is 15.9 Å². The van der Waals surface area contributed by atoms with E-state index in [9.17, 15) is 14.4 Å². The number of piperidine rings is 1. The number of methoxy groups -OCH3 is 1. The van der Waals surface area contributed by atoms with E-state index in [0.717, 1.165) is 35.3 Å². The van der Waals surface area contributed by atoms with Crippen molar-refractivity contribution in [3.63, 3.8) is 0 Å². The fourth-order valence-corrected chi connectivity index (χ4v) is 4.63. The van der Waals surface area contributed by atoms with Gasteiger partial charge in [0.15, 0.2) is 0 Å². The summed E-state index contributed by atoms with van der Waals surface area (Å²) >= 11 is 0.937. The van der Waals surface area contributed by atoms with E-state index in [1.54, 1.807) is 36.3 Å². The van der Waals surface area contributed by atoms with Crippen LogP contribution in [0.1, 0.15) is 43.6 Å². The first kappa shape index (κ1) is 24.3. The van der Waals surface area contributed by atoms with Gasteiger partial charge in [-0.05, 0) is 49.6 Å². The molecule has 1 atom stereocenters. The second-order valence-electron chi connectivity index (χ2n) is 8.39. The van der Waals surface area contributed by atoms with Gasteiger partial charge in [-0.25, -0.2) is 0 Å². The number of aromatic nitrogens is 2. The highest BCUT2D eigenvalue weighted by molar-refractivity contribution is 7.15. The first-order valence-corrected chi connectivity index (χ1v) is 12.2. The van der Waals surface area contributed by atoms with Crippen molar-refractivity contribution in [2.45, 2.75) is 26.3 Å². The third kappa shape index (κ3) is 6.21. The number of anilines is 1. The number of ether oxygens (including phenoxy) is 1. The van der Waals surface area contributed by atoms with Crippen LogP contribution in [-0.4, -0.2) is 53.0 Å². The molecule has 1 aliphatic heterocycles. The van der Waals surface area contributed by atoms with E-state index in [-0.39, 0.29) is 27.7 Å². The van der Waals surface area contributed by atoms with E-state index >= 15 is 0 Å². The number of aryl methyl sites for hydroxylation is 1.